The summed E-state index contributed by atoms with van der Waals surface area (Å²) in [4.78, 5) is 18.6. The Hall–Kier alpha value is -3.40. The number of aromatic nitrogens is 1. The van der Waals surface area contributed by atoms with Gasteiger partial charge < -0.3 is 14.9 Å². The van der Waals surface area contributed by atoms with Crippen molar-refractivity contribution in [3.8, 4) is 17.6 Å². The van der Waals surface area contributed by atoms with Crippen LogP contribution in [0.5, 0.6) is 5.75 Å². The predicted octanol–water partition coefficient (Wildman–Crippen LogP) is 4.44. The molecular weight excluding hydrogens is 440 g/mol. The topological polar surface area (TPSA) is 82.9 Å². The largest absolute Gasteiger partial charge is 0.497 e. The highest BCUT2D eigenvalue weighted by atomic mass is 16.5. The zero-order valence-electron chi connectivity index (χ0n) is 20.3. The number of ether oxygens (including phenoxy) is 1. The van der Waals surface area contributed by atoms with E-state index in [2.05, 4.69) is 21.7 Å². The lowest BCUT2D eigenvalue weighted by Crippen LogP contribution is -2.44. The number of fused-ring (bicyclic) bond motifs is 1. The van der Waals surface area contributed by atoms with E-state index in [0.717, 1.165) is 35.0 Å². The minimum absolute atomic E-state index is 0.0192. The van der Waals surface area contributed by atoms with Gasteiger partial charge in [-0.25, -0.2) is 0 Å². The third kappa shape index (κ3) is 6.19. The Morgan fingerprint density at radius 2 is 2.11 bits per heavy atom. The van der Waals surface area contributed by atoms with Crippen molar-refractivity contribution in [1.82, 2.24) is 9.88 Å². The molecule has 0 saturated carbocycles. The number of hydrogen-bond acceptors (Lipinski definition) is 5. The first-order valence-corrected chi connectivity index (χ1v) is 12.1. The zero-order chi connectivity index (χ0) is 24.8. The van der Waals surface area contributed by atoms with E-state index in [1.54, 1.807) is 13.3 Å². The number of aliphatic carboxylic acids is 1. The fraction of sp³-hybridized carbons (Fsp3) is 0.379. The minimum Gasteiger partial charge on any atom is -0.497 e. The summed E-state index contributed by atoms with van der Waals surface area (Å²) in [6.45, 7) is 3.88. The summed E-state index contributed by atoms with van der Waals surface area (Å²) in [5.74, 6) is 5.87. The number of likely N-dealkylation sites (tertiary alicyclic amines) is 1. The first-order chi connectivity index (χ1) is 16.9. The van der Waals surface area contributed by atoms with Crippen molar-refractivity contribution in [3.05, 3.63) is 71.4 Å². The third-order valence-electron chi connectivity index (χ3n) is 6.86. The molecule has 3 aromatic rings. The molecule has 6 nitrogen and oxygen atoms in total. The van der Waals surface area contributed by atoms with Crippen molar-refractivity contribution in [2.45, 2.75) is 32.3 Å². The number of hydrogen-bond donors (Lipinski definition) is 2. The third-order valence-corrected chi connectivity index (χ3v) is 6.86. The van der Waals surface area contributed by atoms with Gasteiger partial charge in [-0.1, -0.05) is 24.0 Å². The van der Waals surface area contributed by atoms with Gasteiger partial charge in [0.15, 0.2) is 0 Å². The van der Waals surface area contributed by atoms with Gasteiger partial charge in [0.05, 0.1) is 31.2 Å². The van der Waals surface area contributed by atoms with Crippen LogP contribution in [0.25, 0.3) is 10.9 Å². The molecule has 6 heteroatoms. The Balaban J connectivity index is 1.38. The maximum Gasteiger partial charge on any atom is 0.308 e. The maximum absolute atomic E-state index is 12.1. The number of carboxylic acids is 1. The minimum atomic E-state index is -0.778. The Morgan fingerprint density at radius 3 is 2.89 bits per heavy atom. The Bertz CT molecular complexity index is 1250. The van der Waals surface area contributed by atoms with Gasteiger partial charge in [0, 0.05) is 23.7 Å². The number of methoxy groups -OCH3 is 1. The van der Waals surface area contributed by atoms with Crippen LogP contribution in [0.2, 0.25) is 0 Å². The van der Waals surface area contributed by atoms with E-state index >= 15 is 0 Å². The first kappa shape index (κ1) is 24.7. The molecule has 1 saturated heterocycles. The highest BCUT2D eigenvalue weighted by Crippen LogP contribution is 2.33. The Morgan fingerprint density at radius 1 is 1.26 bits per heavy atom. The normalized spacial score (nSPS) is 19.1. The number of aliphatic hydroxyl groups is 1. The van der Waals surface area contributed by atoms with Crippen LogP contribution >= 0.6 is 0 Å². The molecular formula is C29H32N2O4. The highest BCUT2D eigenvalue weighted by Gasteiger charge is 2.34. The van der Waals surface area contributed by atoms with Crippen LogP contribution in [0.1, 0.15) is 42.1 Å². The number of rotatable bonds is 7. The summed E-state index contributed by atoms with van der Waals surface area (Å²) in [5.41, 5.74) is 3.74. The van der Waals surface area contributed by atoms with Gasteiger partial charge in [-0.2, -0.15) is 0 Å². The Kier molecular flexibility index (Phi) is 8.02. The maximum atomic E-state index is 12.1. The van der Waals surface area contributed by atoms with Gasteiger partial charge in [0.2, 0.25) is 0 Å². The number of aliphatic hydroxyl groups excluding tert-OH is 1. The van der Waals surface area contributed by atoms with Gasteiger partial charge >= 0.3 is 5.97 Å². The lowest BCUT2D eigenvalue weighted by Gasteiger charge is -2.36. The average molecular weight is 473 g/mol. The number of benzene rings is 2. The van der Waals surface area contributed by atoms with E-state index in [0.29, 0.717) is 31.7 Å². The number of piperidine rings is 1. The molecule has 2 N–H and O–H groups in total. The van der Waals surface area contributed by atoms with Crippen LogP contribution < -0.4 is 4.74 Å². The Labute approximate surface area is 206 Å². The number of nitrogens with zero attached hydrogens (tertiary/aromatic N) is 2. The molecule has 4 rings (SSSR count). The number of carbonyl (C=O) groups is 1. The standard InChI is InChI=1S/C29H32N2O4/c1-20-5-3-6-21(17-20)7-4-15-31-16-13-22(26(19-31)29(33)34)8-11-28(32)24-12-14-30-27-10-9-23(35-2)18-25(24)27/h3,5-6,9-10,12,14,17-18,22,26,28,32H,8,11,13,15-16,19H2,1-2H3,(H,33,34)/t22-,26+,28?/m1/s1. The van der Waals surface area contributed by atoms with E-state index in [1.165, 1.54) is 5.56 Å². The number of pyridine rings is 1. The van der Waals surface area contributed by atoms with Crippen molar-refractivity contribution in [2.75, 3.05) is 26.7 Å². The number of carboxylic acid groups (broad SMARTS) is 1. The molecule has 1 unspecified atom stereocenters. The molecule has 2 aromatic carbocycles. The highest BCUT2D eigenvalue weighted by molar-refractivity contribution is 5.83. The van der Waals surface area contributed by atoms with Crippen LogP contribution in [-0.2, 0) is 4.79 Å². The predicted molar refractivity (Wildman–Crippen MR) is 136 cm³/mol. The lowest BCUT2D eigenvalue weighted by atomic mass is 9.81. The van der Waals surface area contributed by atoms with Crippen molar-refractivity contribution in [1.29, 1.82) is 0 Å². The van der Waals surface area contributed by atoms with Crippen molar-refractivity contribution < 1.29 is 19.7 Å². The van der Waals surface area contributed by atoms with E-state index in [-0.39, 0.29) is 5.92 Å². The monoisotopic (exact) mass is 472 g/mol. The van der Waals surface area contributed by atoms with Crippen LogP contribution in [0, 0.1) is 30.6 Å². The molecule has 0 spiro atoms. The summed E-state index contributed by atoms with van der Waals surface area (Å²) in [6.07, 6.45) is 2.93. The van der Waals surface area contributed by atoms with Gasteiger partial charge in [0.25, 0.3) is 0 Å². The van der Waals surface area contributed by atoms with Crippen LogP contribution in [0.4, 0.5) is 0 Å². The van der Waals surface area contributed by atoms with Crippen LogP contribution in [-0.4, -0.2) is 52.8 Å². The molecule has 182 valence electrons. The SMILES string of the molecule is COc1ccc2nccc(C(O)CC[C@@H]3CCN(CC#Cc4cccc(C)c4)C[C@@H]3C(=O)O)c2c1. The second-order valence-corrected chi connectivity index (χ2v) is 9.28. The molecule has 1 aliphatic rings. The number of aryl methyl sites for hydroxylation is 1. The fourth-order valence-electron chi connectivity index (χ4n) is 4.90. The summed E-state index contributed by atoms with van der Waals surface area (Å²) < 4.78 is 5.33. The molecule has 0 amide bonds. The van der Waals surface area contributed by atoms with Crippen molar-refractivity contribution >= 4 is 16.9 Å². The van der Waals surface area contributed by atoms with Crippen molar-refractivity contribution in [3.63, 3.8) is 0 Å². The molecule has 1 aromatic heterocycles. The molecule has 1 aliphatic heterocycles. The summed E-state index contributed by atoms with van der Waals surface area (Å²) in [5, 5.41) is 21.7. The van der Waals surface area contributed by atoms with Gasteiger partial charge in [-0.15, -0.1) is 0 Å². The first-order valence-electron chi connectivity index (χ1n) is 12.1. The fourth-order valence-corrected chi connectivity index (χ4v) is 4.90. The molecule has 0 bridgehead atoms. The van der Waals surface area contributed by atoms with E-state index in [4.69, 9.17) is 4.74 Å². The summed E-state index contributed by atoms with van der Waals surface area (Å²) in [6, 6.07) is 15.5. The quantitative estimate of drug-likeness (QED) is 0.495. The van der Waals surface area contributed by atoms with E-state index in [1.807, 2.05) is 55.5 Å². The smallest absolute Gasteiger partial charge is 0.308 e. The van der Waals surface area contributed by atoms with Gasteiger partial charge in [-0.3, -0.25) is 14.7 Å². The zero-order valence-corrected chi connectivity index (χ0v) is 20.3. The molecule has 3 atom stereocenters. The van der Waals surface area contributed by atoms with Gasteiger partial charge in [-0.05, 0) is 86.2 Å². The molecule has 1 fully saturated rings. The van der Waals surface area contributed by atoms with Crippen molar-refractivity contribution in [2.24, 2.45) is 11.8 Å². The molecule has 35 heavy (non-hydrogen) atoms. The van der Waals surface area contributed by atoms with E-state index in [9.17, 15) is 15.0 Å². The van der Waals surface area contributed by atoms with E-state index < -0.39 is 18.0 Å². The molecule has 0 aliphatic carbocycles. The average Bonchev–Trinajstić information content (AvgIpc) is 2.87. The second kappa shape index (κ2) is 11.4. The van der Waals surface area contributed by atoms with Crippen LogP contribution in [0.3, 0.4) is 0 Å². The summed E-state index contributed by atoms with van der Waals surface area (Å²) in [7, 11) is 1.61. The lowest BCUT2D eigenvalue weighted by molar-refractivity contribution is -0.146. The second-order valence-electron chi connectivity index (χ2n) is 9.28. The molecule has 2 heterocycles. The van der Waals surface area contributed by atoms with Gasteiger partial charge in [0.1, 0.15) is 5.75 Å². The van der Waals surface area contributed by atoms with Crippen LogP contribution in [0.15, 0.2) is 54.7 Å². The summed E-state index contributed by atoms with van der Waals surface area (Å²) >= 11 is 0. The molecule has 0 radical (unpaired) electrons.